The molecule has 0 spiro atoms. The van der Waals surface area contributed by atoms with Crippen LogP contribution in [0, 0.1) is 17.1 Å². The summed E-state index contributed by atoms with van der Waals surface area (Å²) >= 11 is 0. The highest BCUT2D eigenvalue weighted by Crippen LogP contribution is 2.19. The van der Waals surface area contributed by atoms with Crippen LogP contribution in [0.1, 0.15) is 29.5 Å². The van der Waals surface area contributed by atoms with Crippen molar-refractivity contribution in [2.24, 2.45) is 4.99 Å². The number of piperidine rings is 1. The number of halogens is 1. The van der Waals surface area contributed by atoms with Crippen molar-refractivity contribution in [1.29, 1.82) is 5.26 Å². The van der Waals surface area contributed by atoms with Crippen LogP contribution in [0.4, 0.5) is 4.39 Å². The monoisotopic (exact) mass is 362 g/mol. The van der Waals surface area contributed by atoms with Gasteiger partial charge in [-0.05, 0) is 36.6 Å². The number of hydrogen-bond donors (Lipinski definition) is 1. The summed E-state index contributed by atoms with van der Waals surface area (Å²) in [5.41, 5.74) is 3.59. The normalized spacial score (nSPS) is 14.6. The molecule has 0 unspecified atom stereocenters. The molecular formula is C22H23FN4. The number of nitrogens with zero attached hydrogens (tertiary/aromatic N) is 3. The lowest BCUT2D eigenvalue weighted by molar-refractivity contribution is 0.375. The molecule has 0 aliphatic carbocycles. The van der Waals surface area contributed by atoms with Gasteiger partial charge in [0.25, 0.3) is 0 Å². The molecule has 0 radical (unpaired) electrons. The summed E-state index contributed by atoms with van der Waals surface area (Å²) in [6.07, 6.45) is 4.22. The summed E-state index contributed by atoms with van der Waals surface area (Å²) in [5.74, 6) is 0.444. The van der Waals surface area contributed by atoms with E-state index in [1.165, 1.54) is 23.3 Å². The minimum atomic E-state index is -0.316. The predicted octanol–water partition coefficient (Wildman–Crippen LogP) is 3.95. The number of rotatable bonds is 3. The van der Waals surface area contributed by atoms with Crippen LogP contribution in [0.25, 0.3) is 6.08 Å². The van der Waals surface area contributed by atoms with Crippen molar-refractivity contribution in [1.82, 2.24) is 10.2 Å². The standard InChI is InChI=1S/C22H23FN4/c1-25-22(26-16-20-14-19(15-24)7-8-21(20)23)27-11-9-18(10-12-27)13-17-5-3-2-4-6-17/h2-8,13-14H,9-12,16H2,1H3,(H,25,26). The zero-order valence-electron chi connectivity index (χ0n) is 15.5. The first-order valence-corrected chi connectivity index (χ1v) is 9.08. The van der Waals surface area contributed by atoms with Crippen LogP contribution < -0.4 is 5.32 Å². The molecule has 1 aliphatic rings. The third kappa shape index (κ3) is 4.95. The molecule has 4 nitrogen and oxygen atoms in total. The minimum absolute atomic E-state index is 0.303. The Labute approximate surface area is 159 Å². The topological polar surface area (TPSA) is 51.4 Å². The quantitative estimate of drug-likeness (QED) is 0.664. The van der Waals surface area contributed by atoms with Crippen molar-refractivity contribution in [3.63, 3.8) is 0 Å². The Morgan fingerprint density at radius 1 is 1.22 bits per heavy atom. The number of likely N-dealkylation sites (tertiary alicyclic amines) is 1. The van der Waals surface area contributed by atoms with Crippen molar-refractivity contribution in [2.75, 3.05) is 20.1 Å². The molecule has 1 fully saturated rings. The predicted molar refractivity (Wildman–Crippen MR) is 107 cm³/mol. The van der Waals surface area contributed by atoms with E-state index in [0.29, 0.717) is 17.7 Å². The largest absolute Gasteiger partial charge is 0.352 e. The molecule has 2 aromatic rings. The second kappa shape index (κ2) is 9.00. The molecule has 1 N–H and O–H groups in total. The van der Waals surface area contributed by atoms with Crippen LogP contribution >= 0.6 is 0 Å². The van der Waals surface area contributed by atoms with E-state index in [4.69, 9.17) is 5.26 Å². The van der Waals surface area contributed by atoms with Gasteiger partial charge in [0.1, 0.15) is 5.82 Å². The van der Waals surface area contributed by atoms with Crippen LogP contribution in [0.2, 0.25) is 0 Å². The van der Waals surface area contributed by atoms with Crippen LogP contribution in [0.3, 0.4) is 0 Å². The fourth-order valence-electron chi connectivity index (χ4n) is 3.22. The van der Waals surface area contributed by atoms with Gasteiger partial charge >= 0.3 is 0 Å². The van der Waals surface area contributed by atoms with Gasteiger partial charge in [-0.1, -0.05) is 42.0 Å². The molecule has 138 valence electrons. The summed E-state index contributed by atoms with van der Waals surface area (Å²) in [6, 6.07) is 16.8. The first kappa shape index (κ1) is 18.7. The number of hydrogen-bond acceptors (Lipinski definition) is 2. The molecule has 2 aromatic carbocycles. The molecule has 0 saturated carbocycles. The van der Waals surface area contributed by atoms with Crippen LogP contribution in [-0.2, 0) is 6.54 Å². The number of benzene rings is 2. The molecular weight excluding hydrogens is 339 g/mol. The smallest absolute Gasteiger partial charge is 0.193 e. The van der Waals surface area contributed by atoms with Crippen LogP contribution in [0.5, 0.6) is 0 Å². The van der Waals surface area contributed by atoms with E-state index in [2.05, 4.69) is 33.4 Å². The zero-order valence-corrected chi connectivity index (χ0v) is 15.5. The highest BCUT2D eigenvalue weighted by Gasteiger charge is 2.17. The first-order chi connectivity index (χ1) is 13.2. The lowest BCUT2D eigenvalue weighted by atomic mass is 10.0. The summed E-state index contributed by atoms with van der Waals surface area (Å²) in [7, 11) is 1.74. The Balaban J connectivity index is 1.58. The van der Waals surface area contributed by atoms with Gasteiger partial charge in [-0.15, -0.1) is 0 Å². The van der Waals surface area contributed by atoms with Crippen molar-refractivity contribution in [2.45, 2.75) is 19.4 Å². The minimum Gasteiger partial charge on any atom is -0.352 e. The maximum Gasteiger partial charge on any atom is 0.193 e. The first-order valence-electron chi connectivity index (χ1n) is 9.08. The maximum atomic E-state index is 14.0. The number of nitriles is 1. The van der Waals surface area contributed by atoms with Gasteiger partial charge in [-0.3, -0.25) is 4.99 Å². The van der Waals surface area contributed by atoms with Gasteiger partial charge in [0, 0.05) is 32.2 Å². The van der Waals surface area contributed by atoms with E-state index in [-0.39, 0.29) is 5.82 Å². The second-order valence-electron chi connectivity index (χ2n) is 6.52. The molecule has 0 bridgehead atoms. The highest BCUT2D eigenvalue weighted by atomic mass is 19.1. The molecule has 0 amide bonds. The number of aliphatic imine (C=N–C) groups is 1. The molecule has 27 heavy (non-hydrogen) atoms. The van der Waals surface area contributed by atoms with Crippen molar-refractivity contribution < 1.29 is 4.39 Å². The number of guanidine groups is 1. The molecule has 1 saturated heterocycles. The second-order valence-corrected chi connectivity index (χ2v) is 6.52. The van der Waals surface area contributed by atoms with Gasteiger partial charge in [-0.25, -0.2) is 4.39 Å². The molecule has 1 heterocycles. The third-order valence-electron chi connectivity index (χ3n) is 4.70. The van der Waals surface area contributed by atoms with E-state index in [1.807, 2.05) is 24.3 Å². The van der Waals surface area contributed by atoms with Crippen LogP contribution in [0.15, 0.2) is 59.1 Å². The lowest BCUT2D eigenvalue weighted by Crippen LogP contribution is -2.44. The summed E-state index contributed by atoms with van der Waals surface area (Å²) in [6.45, 7) is 2.05. The maximum absolute atomic E-state index is 14.0. The van der Waals surface area contributed by atoms with E-state index in [0.717, 1.165) is 31.9 Å². The van der Waals surface area contributed by atoms with E-state index in [9.17, 15) is 4.39 Å². The Hall–Kier alpha value is -3.13. The summed E-state index contributed by atoms with van der Waals surface area (Å²) in [5, 5.41) is 12.2. The lowest BCUT2D eigenvalue weighted by Gasteiger charge is -2.31. The summed E-state index contributed by atoms with van der Waals surface area (Å²) < 4.78 is 14.0. The van der Waals surface area contributed by atoms with E-state index < -0.39 is 0 Å². The fraction of sp³-hybridized carbons (Fsp3) is 0.273. The summed E-state index contributed by atoms with van der Waals surface area (Å²) in [4.78, 5) is 6.52. The van der Waals surface area contributed by atoms with Gasteiger partial charge in [0.05, 0.1) is 11.6 Å². The molecule has 0 atom stereocenters. The SMILES string of the molecule is CN=C(NCc1cc(C#N)ccc1F)N1CCC(=Cc2ccccc2)CC1. The van der Waals surface area contributed by atoms with Crippen molar-refractivity contribution in [3.05, 3.63) is 76.6 Å². The fourth-order valence-corrected chi connectivity index (χ4v) is 3.22. The van der Waals surface area contributed by atoms with E-state index in [1.54, 1.807) is 13.1 Å². The van der Waals surface area contributed by atoms with Crippen LogP contribution in [-0.4, -0.2) is 31.0 Å². The van der Waals surface area contributed by atoms with Crippen molar-refractivity contribution in [3.8, 4) is 6.07 Å². The van der Waals surface area contributed by atoms with Gasteiger partial charge in [0.15, 0.2) is 5.96 Å². The average Bonchev–Trinajstić information content (AvgIpc) is 2.71. The number of nitrogens with one attached hydrogen (secondary N) is 1. The third-order valence-corrected chi connectivity index (χ3v) is 4.70. The van der Waals surface area contributed by atoms with Crippen molar-refractivity contribution >= 4 is 12.0 Å². The molecule has 5 heteroatoms. The average molecular weight is 362 g/mol. The Bertz CT molecular complexity index is 871. The highest BCUT2D eigenvalue weighted by molar-refractivity contribution is 5.80. The Kier molecular flexibility index (Phi) is 6.22. The molecule has 3 rings (SSSR count). The Morgan fingerprint density at radius 2 is 1.96 bits per heavy atom. The Morgan fingerprint density at radius 3 is 2.63 bits per heavy atom. The molecule has 0 aromatic heterocycles. The van der Waals surface area contributed by atoms with Gasteiger partial charge in [-0.2, -0.15) is 5.26 Å². The van der Waals surface area contributed by atoms with Gasteiger partial charge in [0.2, 0.25) is 0 Å². The van der Waals surface area contributed by atoms with Gasteiger partial charge < -0.3 is 10.2 Å². The van der Waals surface area contributed by atoms with E-state index >= 15 is 0 Å². The zero-order chi connectivity index (χ0) is 19.1. The molecule has 1 aliphatic heterocycles.